The summed E-state index contributed by atoms with van der Waals surface area (Å²) < 4.78 is 71.9. The van der Waals surface area contributed by atoms with Crippen molar-refractivity contribution in [1.82, 2.24) is 9.88 Å². The van der Waals surface area contributed by atoms with Crippen molar-refractivity contribution in [2.75, 3.05) is 13.1 Å². The Hall–Kier alpha value is -2.98. The number of carbonyl (C=O) groups excluding carboxylic acids is 1. The molecule has 0 aliphatic carbocycles. The first-order chi connectivity index (χ1) is 12.6. The van der Waals surface area contributed by atoms with Gasteiger partial charge in [0.25, 0.3) is 5.91 Å². The van der Waals surface area contributed by atoms with E-state index in [0.717, 1.165) is 24.5 Å². The highest BCUT2D eigenvalue weighted by atomic mass is 19.4. The van der Waals surface area contributed by atoms with E-state index in [1.54, 1.807) is 0 Å². The fourth-order valence-corrected chi connectivity index (χ4v) is 2.86. The summed E-state index contributed by atoms with van der Waals surface area (Å²) in [6.45, 7) is -1.57. The van der Waals surface area contributed by atoms with E-state index in [4.69, 9.17) is 9.52 Å². The van der Waals surface area contributed by atoms with Crippen LogP contribution in [0, 0.1) is 17.0 Å². The smallest absolute Gasteiger partial charge is 0.406 e. The van der Waals surface area contributed by atoms with Crippen molar-refractivity contribution in [3.8, 4) is 11.5 Å². The van der Waals surface area contributed by atoms with Gasteiger partial charge in [0.1, 0.15) is 23.5 Å². The molecule has 6 nitrogen and oxygen atoms in total. The van der Waals surface area contributed by atoms with Crippen LogP contribution in [0.25, 0.3) is 11.5 Å². The number of nitrogens with zero attached hydrogens (tertiary/aromatic N) is 2. The molecule has 3 rings (SSSR count). The molecule has 1 aromatic carbocycles. The van der Waals surface area contributed by atoms with E-state index < -0.39 is 71.8 Å². The van der Waals surface area contributed by atoms with Gasteiger partial charge in [-0.25, -0.2) is 13.8 Å². The van der Waals surface area contributed by atoms with Crippen molar-refractivity contribution in [1.29, 1.82) is 0 Å². The number of likely N-dealkylation sites (tertiary alicyclic amines) is 1. The molecule has 0 bridgehead atoms. The Morgan fingerprint density at radius 1 is 1.22 bits per heavy atom. The fourth-order valence-electron chi connectivity index (χ4n) is 2.86. The summed E-state index contributed by atoms with van der Waals surface area (Å²) in [5.41, 5.74) is -4.20. The van der Waals surface area contributed by atoms with E-state index in [2.05, 4.69) is 4.98 Å². The lowest BCUT2D eigenvalue weighted by molar-refractivity contribution is -0.227. The highest BCUT2D eigenvalue weighted by Gasteiger charge is 2.64. The van der Waals surface area contributed by atoms with Crippen LogP contribution in [-0.2, 0) is 4.79 Å². The third kappa shape index (κ3) is 3.02. The molecule has 1 aliphatic rings. The molecular weight excluding hydrogens is 379 g/mol. The molecule has 1 saturated heterocycles. The predicted octanol–water partition coefficient (Wildman–Crippen LogP) is 3.10. The maximum Gasteiger partial charge on any atom is 0.406 e. The number of carboxylic acids is 1. The molecule has 1 atom stereocenters. The quantitative estimate of drug-likeness (QED) is 0.815. The number of amides is 1. The van der Waals surface area contributed by atoms with Gasteiger partial charge in [0.05, 0.1) is 0 Å². The third-order valence-electron chi connectivity index (χ3n) is 4.41. The van der Waals surface area contributed by atoms with Crippen molar-refractivity contribution in [3.63, 3.8) is 0 Å². The average molecular weight is 390 g/mol. The number of aliphatic carboxylic acids is 1. The van der Waals surface area contributed by atoms with Crippen molar-refractivity contribution in [2.24, 2.45) is 5.41 Å². The second-order valence-corrected chi connectivity index (χ2v) is 6.00. The van der Waals surface area contributed by atoms with Crippen LogP contribution in [0.15, 0.2) is 28.9 Å². The van der Waals surface area contributed by atoms with Gasteiger partial charge in [-0.1, -0.05) is 6.07 Å². The van der Waals surface area contributed by atoms with E-state index in [1.165, 1.54) is 0 Å². The number of rotatable bonds is 3. The molecule has 11 heteroatoms. The Kier molecular flexibility index (Phi) is 4.40. The molecule has 2 aromatic rings. The normalized spacial score (nSPS) is 20.1. The first-order valence-corrected chi connectivity index (χ1v) is 7.56. The van der Waals surface area contributed by atoms with Crippen molar-refractivity contribution >= 4 is 11.9 Å². The van der Waals surface area contributed by atoms with Gasteiger partial charge >= 0.3 is 12.1 Å². The number of alkyl halides is 3. The van der Waals surface area contributed by atoms with Gasteiger partial charge in [-0.2, -0.15) is 13.2 Å². The zero-order chi connectivity index (χ0) is 20.0. The van der Waals surface area contributed by atoms with Crippen LogP contribution in [0.2, 0.25) is 0 Å². The van der Waals surface area contributed by atoms with Crippen molar-refractivity contribution < 1.29 is 41.1 Å². The fraction of sp³-hybridized carbons (Fsp3) is 0.312. The van der Waals surface area contributed by atoms with Gasteiger partial charge in [-0.05, 0) is 18.6 Å². The zero-order valence-corrected chi connectivity index (χ0v) is 13.4. The molecule has 1 amide bonds. The molecule has 144 valence electrons. The molecule has 27 heavy (non-hydrogen) atoms. The summed E-state index contributed by atoms with van der Waals surface area (Å²) >= 11 is 0. The van der Waals surface area contributed by atoms with Gasteiger partial charge in [0.2, 0.25) is 5.89 Å². The molecule has 0 spiro atoms. The Bertz CT molecular complexity index is 890. The molecule has 0 radical (unpaired) electrons. The van der Waals surface area contributed by atoms with Gasteiger partial charge in [0.15, 0.2) is 11.1 Å². The minimum absolute atomic E-state index is 0.471. The van der Waals surface area contributed by atoms with Gasteiger partial charge in [-0.15, -0.1) is 0 Å². The van der Waals surface area contributed by atoms with Crippen LogP contribution in [0.1, 0.15) is 16.9 Å². The molecule has 1 N–H and O–H groups in total. The van der Waals surface area contributed by atoms with Crippen LogP contribution in [0.4, 0.5) is 22.0 Å². The number of hydrogen-bond acceptors (Lipinski definition) is 4. The van der Waals surface area contributed by atoms with Crippen molar-refractivity contribution in [2.45, 2.75) is 12.6 Å². The minimum Gasteiger partial charge on any atom is -0.481 e. The molecule has 1 unspecified atom stereocenters. The van der Waals surface area contributed by atoms with Gasteiger partial charge in [0, 0.05) is 13.1 Å². The number of benzene rings is 1. The summed E-state index contributed by atoms with van der Waals surface area (Å²) in [5, 5.41) is 9.01. The first-order valence-electron chi connectivity index (χ1n) is 7.56. The maximum atomic E-state index is 13.7. The zero-order valence-electron chi connectivity index (χ0n) is 13.4. The monoisotopic (exact) mass is 390 g/mol. The average Bonchev–Trinajstić information content (AvgIpc) is 3.22. The highest BCUT2D eigenvalue weighted by molar-refractivity contribution is 5.93. The first kappa shape index (κ1) is 18.8. The third-order valence-corrected chi connectivity index (χ3v) is 4.41. The van der Waals surface area contributed by atoms with E-state index in [9.17, 15) is 31.5 Å². The van der Waals surface area contributed by atoms with Crippen LogP contribution >= 0.6 is 0 Å². The van der Waals surface area contributed by atoms with Crippen LogP contribution in [0.5, 0.6) is 0 Å². The van der Waals surface area contributed by atoms with Crippen LogP contribution in [0.3, 0.4) is 0 Å². The second-order valence-electron chi connectivity index (χ2n) is 6.00. The largest absolute Gasteiger partial charge is 0.481 e. The lowest BCUT2D eigenvalue weighted by atomic mass is 9.86. The SMILES string of the molecule is O=C(c1coc(-c2c(F)cccc2F)n1)N1CCC(C(=O)O)(C(F)(F)F)C1. The number of aromatic nitrogens is 1. The topological polar surface area (TPSA) is 83.6 Å². The van der Waals surface area contributed by atoms with E-state index in [1.807, 2.05) is 0 Å². The van der Waals surface area contributed by atoms with Crippen LogP contribution < -0.4 is 0 Å². The van der Waals surface area contributed by atoms with E-state index >= 15 is 0 Å². The summed E-state index contributed by atoms with van der Waals surface area (Å²) in [4.78, 5) is 27.8. The summed E-state index contributed by atoms with van der Waals surface area (Å²) in [6, 6.07) is 2.99. The summed E-state index contributed by atoms with van der Waals surface area (Å²) in [6.07, 6.45) is -5.12. The number of carboxylic acid groups (broad SMARTS) is 1. The molecule has 1 aliphatic heterocycles. The molecule has 1 aromatic heterocycles. The van der Waals surface area contributed by atoms with E-state index in [0.29, 0.717) is 4.90 Å². The molecule has 2 heterocycles. The van der Waals surface area contributed by atoms with Gasteiger partial charge < -0.3 is 14.4 Å². The Labute approximate surface area is 148 Å². The minimum atomic E-state index is -5.06. The lowest BCUT2D eigenvalue weighted by Gasteiger charge is -2.26. The number of hydrogen-bond donors (Lipinski definition) is 1. The molecule has 1 fully saturated rings. The molecule has 0 saturated carbocycles. The Morgan fingerprint density at radius 3 is 2.37 bits per heavy atom. The second kappa shape index (κ2) is 6.32. The number of oxazole rings is 1. The van der Waals surface area contributed by atoms with E-state index in [-0.39, 0.29) is 0 Å². The highest BCUT2D eigenvalue weighted by Crippen LogP contribution is 2.46. The number of carbonyl (C=O) groups is 2. The Morgan fingerprint density at radius 2 is 1.85 bits per heavy atom. The predicted molar refractivity (Wildman–Crippen MR) is 78.5 cm³/mol. The number of halogens is 5. The molecular formula is C16H11F5N2O4. The summed E-state index contributed by atoms with van der Waals surface area (Å²) in [7, 11) is 0. The van der Waals surface area contributed by atoms with Gasteiger partial charge in [-0.3, -0.25) is 9.59 Å². The standard InChI is InChI=1S/C16H11F5N2O4/c17-8-2-1-3-9(18)11(8)12-22-10(6-27-12)13(24)23-5-4-15(7-23,14(25)26)16(19,20)21/h1-3,6H,4-5,7H2,(H,25,26). The summed E-state index contributed by atoms with van der Waals surface area (Å²) in [5.74, 6) is -5.68. The lowest BCUT2D eigenvalue weighted by Crippen LogP contribution is -2.47. The van der Waals surface area contributed by atoms with Crippen LogP contribution in [-0.4, -0.2) is 46.1 Å². The maximum absolute atomic E-state index is 13.7. The van der Waals surface area contributed by atoms with Crippen molar-refractivity contribution in [3.05, 3.63) is 41.8 Å². The Balaban J connectivity index is 1.87.